The first-order valence-corrected chi connectivity index (χ1v) is 10.9. The van der Waals surface area contributed by atoms with Crippen molar-refractivity contribution in [3.05, 3.63) is 45.5 Å². The van der Waals surface area contributed by atoms with Crippen molar-refractivity contribution in [1.82, 2.24) is 9.97 Å². The molecule has 0 fully saturated rings. The van der Waals surface area contributed by atoms with Crippen LogP contribution in [0.5, 0.6) is 5.75 Å². The number of thioether (sulfide) groups is 1. The molecule has 0 spiro atoms. The number of carbonyl (C=O) groups excluding carboxylic acids is 1. The van der Waals surface area contributed by atoms with Crippen LogP contribution in [0.15, 0.2) is 27.2 Å². The average molecular weight is 483 g/mol. The number of anilines is 1. The monoisotopic (exact) mass is 482 g/mol. The highest BCUT2D eigenvalue weighted by Crippen LogP contribution is 2.39. The van der Waals surface area contributed by atoms with Crippen LogP contribution in [-0.4, -0.2) is 39.3 Å². The third kappa shape index (κ3) is 4.85. The van der Waals surface area contributed by atoms with Crippen LogP contribution in [0.3, 0.4) is 0 Å². The molecule has 0 saturated heterocycles. The Morgan fingerprint density at radius 1 is 1.32 bits per heavy atom. The molecule has 31 heavy (non-hydrogen) atoms. The van der Waals surface area contributed by atoms with Crippen LogP contribution in [0.2, 0.25) is 0 Å². The first-order chi connectivity index (χ1) is 14.5. The van der Waals surface area contributed by atoms with Gasteiger partial charge >= 0.3 is 5.97 Å². The molecule has 3 aromatic rings. The second-order valence-corrected chi connectivity index (χ2v) is 8.95. The molecule has 4 heterocycles. The van der Waals surface area contributed by atoms with E-state index in [9.17, 15) is 14.4 Å². The minimum absolute atomic E-state index is 0. The van der Waals surface area contributed by atoms with Crippen molar-refractivity contribution >= 4 is 63.3 Å². The molecular weight excluding hydrogens is 464 g/mol. The number of amides is 1. The van der Waals surface area contributed by atoms with E-state index >= 15 is 0 Å². The molecule has 0 unspecified atom stereocenters. The molecule has 2 aliphatic heterocycles. The Morgan fingerprint density at radius 2 is 2.13 bits per heavy atom. The largest absolute Gasteiger partial charge is 0.482 e. The fourth-order valence-corrected chi connectivity index (χ4v) is 5.69. The number of fused-ring (bicyclic) bond motifs is 4. The van der Waals surface area contributed by atoms with E-state index < -0.39 is 5.97 Å². The number of aromatic nitrogens is 2. The normalized spacial score (nSPS) is 14.2. The maximum atomic E-state index is 11.9. The van der Waals surface area contributed by atoms with Crippen molar-refractivity contribution in [2.24, 2.45) is 5.73 Å². The number of thiophene rings is 1. The van der Waals surface area contributed by atoms with E-state index in [0.717, 1.165) is 33.9 Å². The van der Waals surface area contributed by atoms with E-state index in [2.05, 4.69) is 15.3 Å². The number of nitrogens with zero attached hydrogens (tertiary/aromatic N) is 1. The number of aryl methyl sites for hydroxylation is 1. The number of nitrogens with one attached hydrogen (secondary N) is 2. The van der Waals surface area contributed by atoms with Crippen LogP contribution in [-0.2, 0) is 17.8 Å². The van der Waals surface area contributed by atoms with E-state index in [4.69, 9.17) is 15.6 Å². The summed E-state index contributed by atoms with van der Waals surface area (Å²) in [5.41, 5.74) is 7.84. The minimum atomic E-state index is -1.21. The maximum Gasteiger partial charge on any atom is 0.372 e. The number of rotatable bonds is 2. The molecule has 164 valence electrons. The summed E-state index contributed by atoms with van der Waals surface area (Å²) in [4.78, 5) is 40.5. The highest BCUT2D eigenvalue weighted by Gasteiger charge is 2.21. The quantitative estimate of drug-likeness (QED) is 0.435. The van der Waals surface area contributed by atoms with Gasteiger partial charge < -0.3 is 25.9 Å². The van der Waals surface area contributed by atoms with E-state index in [-0.39, 0.29) is 36.3 Å². The smallest absolute Gasteiger partial charge is 0.372 e. The summed E-state index contributed by atoms with van der Waals surface area (Å²) >= 11 is 3.13. The molecular formula is C19H19ClN4O5S2. The Morgan fingerprint density at radius 3 is 2.87 bits per heavy atom. The van der Waals surface area contributed by atoms with Gasteiger partial charge in [0.05, 0.1) is 15.3 Å². The predicted octanol–water partition coefficient (Wildman–Crippen LogP) is 2.62. The lowest BCUT2D eigenvalue weighted by molar-refractivity contribution is -0.118. The first kappa shape index (κ1) is 23.1. The van der Waals surface area contributed by atoms with Crippen LogP contribution in [0.25, 0.3) is 10.2 Å². The number of carboxylic acids is 1. The molecule has 0 radical (unpaired) electrons. The highest BCUT2D eigenvalue weighted by atomic mass is 35.5. The summed E-state index contributed by atoms with van der Waals surface area (Å²) in [5.74, 6) is 0.136. The number of H-pyrrole nitrogens is 1. The molecule has 0 atom stereocenters. The van der Waals surface area contributed by atoms with Gasteiger partial charge in [-0.3, -0.25) is 9.59 Å². The van der Waals surface area contributed by atoms with Gasteiger partial charge in [-0.05, 0) is 41.9 Å². The van der Waals surface area contributed by atoms with Gasteiger partial charge in [0.1, 0.15) is 10.6 Å². The Bertz CT molecular complexity index is 1210. The maximum absolute atomic E-state index is 11.9. The molecule has 12 heteroatoms. The minimum Gasteiger partial charge on any atom is -0.482 e. The number of ether oxygens (including phenoxy) is 1. The Kier molecular flexibility index (Phi) is 7.21. The van der Waals surface area contributed by atoms with E-state index in [1.807, 2.05) is 18.2 Å². The number of halogens is 1. The van der Waals surface area contributed by atoms with Crippen LogP contribution in [0.1, 0.15) is 28.2 Å². The molecule has 5 N–H and O–H groups in total. The van der Waals surface area contributed by atoms with Crippen LogP contribution in [0, 0.1) is 0 Å². The second-order valence-electron chi connectivity index (χ2n) is 6.59. The van der Waals surface area contributed by atoms with Crippen molar-refractivity contribution in [1.29, 1.82) is 0 Å². The fraction of sp³-hybridized carbons (Fsp3) is 0.263. The number of hydrogen-bond acceptors (Lipinski definition) is 8. The van der Waals surface area contributed by atoms with Gasteiger partial charge in [-0.25, -0.2) is 9.78 Å². The topological polar surface area (TPSA) is 147 Å². The lowest BCUT2D eigenvalue weighted by Gasteiger charge is -2.18. The number of carbonyl (C=O) groups is 2. The molecule has 0 aliphatic carbocycles. The van der Waals surface area contributed by atoms with Crippen molar-refractivity contribution in [2.75, 3.05) is 17.7 Å². The Hall–Kier alpha value is -2.60. The standard InChI is InChI=1S/C10H8N2O3S2.C9H10N2O2.ClH/c13-7-5-4-2-1-3-16-10(4)17-8(5)12-6(11-7)9(14)15;10-4-6-1-2-8-7(3-6)11-9(12)5-13-8;/h1-3H2,(H,14,15)(H,11,12,13);1-3H,4-5,10H2,(H,11,12);1H. The number of benzene rings is 1. The van der Waals surface area contributed by atoms with Gasteiger partial charge in [-0.15, -0.1) is 35.5 Å². The van der Waals surface area contributed by atoms with Crippen LogP contribution >= 0.6 is 35.5 Å². The molecule has 1 aromatic carbocycles. The number of nitrogens with two attached hydrogens (primary N) is 1. The third-order valence-electron chi connectivity index (χ3n) is 4.54. The summed E-state index contributed by atoms with van der Waals surface area (Å²) in [6, 6.07) is 5.53. The highest BCUT2D eigenvalue weighted by molar-refractivity contribution is 8.01. The van der Waals surface area contributed by atoms with Gasteiger partial charge in [0.25, 0.3) is 11.5 Å². The summed E-state index contributed by atoms with van der Waals surface area (Å²) in [6.07, 6.45) is 1.92. The summed E-state index contributed by atoms with van der Waals surface area (Å²) in [5, 5.41) is 12.1. The van der Waals surface area contributed by atoms with Gasteiger partial charge in [0.2, 0.25) is 5.82 Å². The Balaban J connectivity index is 0.000000176. The molecule has 5 rings (SSSR count). The third-order valence-corrected chi connectivity index (χ3v) is 7.07. The van der Waals surface area contributed by atoms with Gasteiger partial charge in [-0.2, -0.15) is 0 Å². The van der Waals surface area contributed by atoms with E-state index in [1.165, 1.54) is 11.3 Å². The summed E-state index contributed by atoms with van der Waals surface area (Å²) in [6.45, 7) is 0.554. The number of carboxylic acid groups (broad SMARTS) is 1. The SMILES string of the molecule is Cl.NCc1ccc2c(c1)NC(=O)CO2.O=C(O)c1nc2sc3c(c2c(=O)[nH]1)CCCS3. The summed E-state index contributed by atoms with van der Waals surface area (Å²) < 4.78 is 6.29. The predicted molar refractivity (Wildman–Crippen MR) is 122 cm³/mol. The zero-order valence-corrected chi connectivity index (χ0v) is 18.5. The van der Waals surface area contributed by atoms with Gasteiger partial charge in [0.15, 0.2) is 6.61 Å². The van der Waals surface area contributed by atoms with Crippen molar-refractivity contribution < 1.29 is 19.4 Å². The van der Waals surface area contributed by atoms with Crippen molar-refractivity contribution in [3.8, 4) is 5.75 Å². The van der Waals surface area contributed by atoms with E-state index in [0.29, 0.717) is 28.2 Å². The zero-order valence-electron chi connectivity index (χ0n) is 16.1. The van der Waals surface area contributed by atoms with Gasteiger partial charge in [-0.1, -0.05) is 6.07 Å². The fourth-order valence-electron chi connectivity index (χ4n) is 3.16. The van der Waals surface area contributed by atoms with Gasteiger partial charge in [0, 0.05) is 6.54 Å². The van der Waals surface area contributed by atoms with Crippen LogP contribution < -0.4 is 21.3 Å². The number of aromatic amines is 1. The van der Waals surface area contributed by atoms with Crippen molar-refractivity contribution in [2.45, 2.75) is 23.6 Å². The lowest BCUT2D eigenvalue weighted by Crippen LogP contribution is -2.25. The number of aromatic carboxylic acids is 1. The van der Waals surface area contributed by atoms with Crippen LogP contribution in [0.4, 0.5) is 5.69 Å². The molecule has 1 amide bonds. The summed E-state index contributed by atoms with van der Waals surface area (Å²) in [7, 11) is 0. The molecule has 0 bridgehead atoms. The average Bonchev–Trinajstić information content (AvgIpc) is 3.12. The molecule has 0 saturated carbocycles. The lowest BCUT2D eigenvalue weighted by atomic mass is 10.1. The molecule has 9 nitrogen and oxygen atoms in total. The Labute approximate surface area is 190 Å². The van der Waals surface area contributed by atoms with E-state index in [1.54, 1.807) is 11.8 Å². The first-order valence-electron chi connectivity index (χ1n) is 9.13. The zero-order chi connectivity index (χ0) is 21.3. The number of hydrogen-bond donors (Lipinski definition) is 4. The van der Waals surface area contributed by atoms with Crippen molar-refractivity contribution in [3.63, 3.8) is 0 Å². The molecule has 2 aliphatic rings. The second kappa shape index (κ2) is 9.69. The molecule has 2 aromatic heterocycles.